The standard InChI is InChI=1S/C19H15N3O2/c1-2-24-17-10-6-3-7-13(17)11-14(12-20)18-21-16-9-5-4-8-15(16)19(23)22-18/h3-11,15H,2H2,1H3/b14-11+. The lowest BCUT2D eigenvalue weighted by molar-refractivity contribution is -0.118. The van der Waals surface area contributed by atoms with Crippen LogP contribution in [0.2, 0.25) is 0 Å². The molecule has 1 atom stereocenters. The van der Waals surface area contributed by atoms with Crippen LogP contribution in [0, 0.1) is 17.2 Å². The van der Waals surface area contributed by atoms with Gasteiger partial charge in [0.15, 0.2) is 5.84 Å². The first-order valence-corrected chi connectivity index (χ1v) is 7.63. The number of carbonyl (C=O) groups is 1. The average molecular weight is 317 g/mol. The highest BCUT2D eigenvalue weighted by Gasteiger charge is 2.27. The van der Waals surface area contributed by atoms with Gasteiger partial charge in [0.25, 0.3) is 5.91 Å². The Bertz CT molecular complexity index is 867. The van der Waals surface area contributed by atoms with E-state index in [0.29, 0.717) is 18.1 Å². The molecule has 3 rings (SSSR count). The van der Waals surface area contributed by atoms with E-state index in [1.807, 2.05) is 37.3 Å². The SMILES string of the molecule is CCOc1ccccc1/C=C(\C#N)C1=NC(=O)C2C=CC=CC2=N1. The second-order valence-corrected chi connectivity index (χ2v) is 5.17. The summed E-state index contributed by atoms with van der Waals surface area (Å²) >= 11 is 0. The zero-order valence-electron chi connectivity index (χ0n) is 13.1. The van der Waals surface area contributed by atoms with Crippen molar-refractivity contribution in [3.05, 3.63) is 59.7 Å². The maximum absolute atomic E-state index is 12.2. The first-order valence-electron chi connectivity index (χ1n) is 7.63. The van der Waals surface area contributed by atoms with E-state index in [1.54, 1.807) is 24.3 Å². The maximum atomic E-state index is 12.2. The summed E-state index contributed by atoms with van der Waals surface area (Å²) in [6.45, 7) is 2.41. The number of aliphatic imine (C=N–C) groups is 2. The highest BCUT2D eigenvalue weighted by molar-refractivity contribution is 6.26. The van der Waals surface area contributed by atoms with Crippen LogP contribution in [0.5, 0.6) is 5.75 Å². The van der Waals surface area contributed by atoms with Crippen molar-refractivity contribution in [2.24, 2.45) is 15.9 Å². The molecule has 24 heavy (non-hydrogen) atoms. The number of hydrogen-bond acceptors (Lipinski definition) is 4. The molecule has 1 aliphatic heterocycles. The van der Waals surface area contributed by atoms with Crippen LogP contribution in [0.1, 0.15) is 12.5 Å². The van der Waals surface area contributed by atoms with Crippen LogP contribution in [-0.2, 0) is 4.79 Å². The molecule has 1 heterocycles. The van der Waals surface area contributed by atoms with Gasteiger partial charge < -0.3 is 4.74 Å². The number of allylic oxidation sites excluding steroid dienone is 3. The number of nitriles is 1. The highest BCUT2D eigenvalue weighted by Crippen LogP contribution is 2.23. The molecular formula is C19H15N3O2. The van der Waals surface area contributed by atoms with Gasteiger partial charge >= 0.3 is 0 Å². The molecule has 5 heteroatoms. The first kappa shape index (κ1) is 15.6. The smallest absolute Gasteiger partial charge is 0.260 e. The summed E-state index contributed by atoms with van der Waals surface area (Å²) in [5, 5.41) is 9.49. The van der Waals surface area contributed by atoms with E-state index in [4.69, 9.17) is 4.74 Å². The molecule has 0 radical (unpaired) electrons. The Kier molecular flexibility index (Phi) is 4.48. The maximum Gasteiger partial charge on any atom is 0.260 e. The number of nitrogens with zero attached hydrogens (tertiary/aromatic N) is 3. The van der Waals surface area contributed by atoms with Crippen molar-refractivity contribution >= 4 is 23.5 Å². The van der Waals surface area contributed by atoms with Crippen LogP contribution in [-0.4, -0.2) is 24.1 Å². The zero-order chi connectivity index (χ0) is 16.9. The van der Waals surface area contributed by atoms with Gasteiger partial charge in [0.05, 0.1) is 17.9 Å². The fraction of sp³-hybridized carbons (Fsp3) is 0.158. The van der Waals surface area contributed by atoms with Crippen LogP contribution in [0.3, 0.4) is 0 Å². The molecule has 1 unspecified atom stereocenters. The number of para-hydroxylation sites is 1. The Morgan fingerprint density at radius 1 is 1.33 bits per heavy atom. The lowest BCUT2D eigenvalue weighted by Gasteiger charge is -2.17. The van der Waals surface area contributed by atoms with Gasteiger partial charge in [0, 0.05) is 5.56 Å². The third-order valence-electron chi connectivity index (χ3n) is 3.60. The van der Waals surface area contributed by atoms with Gasteiger partial charge in [-0.1, -0.05) is 36.4 Å². The molecule has 0 saturated carbocycles. The number of amidine groups is 1. The molecule has 1 amide bonds. The van der Waals surface area contributed by atoms with Crippen molar-refractivity contribution in [2.45, 2.75) is 6.92 Å². The van der Waals surface area contributed by atoms with Gasteiger partial charge in [-0.15, -0.1) is 0 Å². The van der Waals surface area contributed by atoms with Crippen LogP contribution in [0.4, 0.5) is 0 Å². The van der Waals surface area contributed by atoms with Gasteiger partial charge in [0.1, 0.15) is 17.7 Å². The largest absolute Gasteiger partial charge is 0.493 e. The lowest BCUT2D eigenvalue weighted by atomic mass is 9.96. The molecule has 0 fully saturated rings. The molecule has 0 saturated heterocycles. The predicted octanol–water partition coefficient (Wildman–Crippen LogP) is 3.11. The number of benzene rings is 1. The lowest BCUT2D eigenvalue weighted by Crippen LogP contribution is -2.27. The third kappa shape index (κ3) is 3.08. The fourth-order valence-electron chi connectivity index (χ4n) is 2.48. The predicted molar refractivity (Wildman–Crippen MR) is 92.8 cm³/mol. The fourth-order valence-corrected chi connectivity index (χ4v) is 2.48. The number of amides is 1. The molecule has 118 valence electrons. The minimum Gasteiger partial charge on any atom is -0.493 e. The quantitative estimate of drug-likeness (QED) is 0.801. The zero-order valence-corrected chi connectivity index (χ0v) is 13.1. The van der Waals surface area contributed by atoms with Gasteiger partial charge in [0.2, 0.25) is 0 Å². The summed E-state index contributed by atoms with van der Waals surface area (Å²) in [5.41, 5.74) is 1.57. The minimum absolute atomic E-state index is 0.139. The Labute approximate surface area is 140 Å². The van der Waals surface area contributed by atoms with Crippen molar-refractivity contribution in [1.82, 2.24) is 0 Å². The molecule has 1 aromatic carbocycles. The molecule has 1 aliphatic carbocycles. The summed E-state index contributed by atoms with van der Waals surface area (Å²) in [6, 6.07) is 9.46. The number of rotatable bonds is 4. The summed E-state index contributed by atoms with van der Waals surface area (Å²) in [7, 11) is 0. The second kappa shape index (κ2) is 6.88. The van der Waals surface area contributed by atoms with Crippen LogP contribution < -0.4 is 4.74 Å². The van der Waals surface area contributed by atoms with Crippen molar-refractivity contribution in [2.75, 3.05) is 6.61 Å². The van der Waals surface area contributed by atoms with Gasteiger partial charge in [-0.25, -0.2) is 4.99 Å². The van der Waals surface area contributed by atoms with E-state index >= 15 is 0 Å². The summed E-state index contributed by atoms with van der Waals surface area (Å²) < 4.78 is 5.56. The van der Waals surface area contributed by atoms with Crippen molar-refractivity contribution < 1.29 is 9.53 Å². The minimum atomic E-state index is -0.450. The van der Waals surface area contributed by atoms with Gasteiger partial charge in [-0.05, 0) is 25.1 Å². The van der Waals surface area contributed by atoms with Gasteiger partial charge in [-0.3, -0.25) is 4.79 Å². The molecule has 0 spiro atoms. The van der Waals surface area contributed by atoms with Crippen LogP contribution in [0.15, 0.2) is 64.1 Å². The van der Waals surface area contributed by atoms with E-state index in [0.717, 1.165) is 5.56 Å². The second-order valence-electron chi connectivity index (χ2n) is 5.17. The van der Waals surface area contributed by atoms with E-state index in [2.05, 4.69) is 16.1 Å². The summed E-state index contributed by atoms with van der Waals surface area (Å²) in [4.78, 5) is 20.5. The van der Waals surface area contributed by atoms with Crippen LogP contribution in [0.25, 0.3) is 6.08 Å². The summed E-state index contributed by atoms with van der Waals surface area (Å²) in [5.74, 6) is 0.0470. The normalized spacial score (nSPS) is 19.2. The third-order valence-corrected chi connectivity index (χ3v) is 3.60. The van der Waals surface area contributed by atoms with E-state index in [9.17, 15) is 10.1 Å². The molecule has 2 aliphatic rings. The molecular weight excluding hydrogens is 302 g/mol. The monoisotopic (exact) mass is 317 g/mol. The van der Waals surface area contributed by atoms with Crippen molar-refractivity contribution in [3.8, 4) is 11.8 Å². The Morgan fingerprint density at radius 3 is 2.96 bits per heavy atom. The summed E-state index contributed by atoms with van der Waals surface area (Å²) in [6.07, 6.45) is 8.76. The molecule has 1 aromatic rings. The molecule has 0 aromatic heterocycles. The van der Waals surface area contributed by atoms with Crippen LogP contribution >= 0.6 is 0 Å². The molecule has 0 bridgehead atoms. The van der Waals surface area contributed by atoms with Crippen molar-refractivity contribution in [1.29, 1.82) is 5.26 Å². The average Bonchev–Trinajstić information content (AvgIpc) is 2.61. The van der Waals surface area contributed by atoms with E-state index < -0.39 is 5.92 Å². The highest BCUT2D eigenvalue weighted by atomic mass is 16.5. The molecule has 0 N–H and O–H groups in total. The number of carbonyl (C=O) groups excluding carboxylic acids is 1. The Hall–Kier alpha value is -3.26. The Balaban J connectivity index is 2.00. The Morgan fingerprint density at radius 2 is 2.17 bits per heavy atom. The van der Waals surface area contributed by atoms with E-state index in [1.165, 1.54) is 0 Å². The van der Waals surface area contributed by atoms with E-state index in [-0.39, 0.29) is 17.3 Å². The number of hydrogen-bond donors (Lipinski definition) is 0. The topological polar surface area (TPSA) is 74.8 Å². The number of ether oxygens (including phenoxy) is 1. The van der Waals surface area contributed by atoms with Crippen molar-refractivity contribution in [3.63, 3.8) is 0 Å². The number of fused-ring (bicyclic) bond motifs is 1. The molecule has 5 nitrogen and oxygen atoms in total. The van der Waals surface area contributed by atoms with Gasteiger partial charge in [-0.2, -0.15) is 10.3 Å². The first-order chi connectivity index (χ1) is 11.7.